The predicted octanol–water partition coefficient (Wildman–Crippen LogP) is 4.80. The highest BCUT2D eigenvalue weighted by Crippen LogP contribution is 2.37. The van der Waals surface area contributed by atoms with Gasteiger partial charge in [0.1, 0.15) is 0 Å². The molecule has 0 unspecified atom stereocenters. The molecule has 0 aromatic heterocycles. The Morgan fingerprint density at radius 3 is 2.04 bits per heavy atom. The normalized spacial score (nSPS) is 16.2. The second-order valence-electron chi connectivity index (χ2n) is 8.53. The molecule has 0 aliphatic rings. The third-order valence-electron chi connectivity index (χ3n) is 4.42. The third-order valence-corrected chi connectivity index (χ3v) is 10.5. The van der Waals surface area contributed by atoms with E-state index in [2.05, 4.69) is 50.7 Å². The first-order valence-electron chi connectivity index (χ1n) is 8.21. The summed E-state index contributed by atoms with van der Waals surface area (Å²) in [7, 11) is -2.97. The van der Waals surface area contributed by atoms with E-state index in [4.69, 9.17) is 4.43 Å². The first kappa shape index (κ1) is 20.6. The van der Waals surface area contributed by atoms with Crippen molar-refractivity contribution in [2.24, 2.45) is 0 Å². The van der Waals surface area contributed by atoms with Gasteiger partial charge in [0.05, 0.1) is 28.4 Å². The molecule has 0 fully saturated rings. The highest BCUT2D eigenvalue weighted by atomic mass is 32.2. The van der Waals surface area contributed by atoms with Crippen LogP contribution in [-0.2, 0) is 15.4 Å². The van der Waals surface area contributed by atoms with Gasteiger partial charge in [0.2, 0.25) is 0 Å². The SMILES string of the molecule is CC(C)(C)[S@@](=O)N[C@@H](CO[Si](C)(C)C(C)(C)C)c1ccccc1. The average Bonchev–Trinajstić information content (AvgIpc) is 2.41. The van der Waals surface area contributed by atoms with Crippen LogP contribution in [0.1, 0.15) is 53.1 Å². The summed E-state index contributed by atoms with van der Waals surface area (Å²) in [5.74, 6) is 0. The van der Waals surface area contributed by atoms with Gasteiger partial charge in [0.25, 0.3) is 0 Å². The molecule has 5 heteroatoms. The van der Waals surface area contributed by atoms with Crippen LogP contribution < -0.4 is 4.72 Å². The van der Waals surface area contributed by atoms with Gasteiger partial charge >= 0.3 is 0 Å². The summed E-state index contributed by atoms with van der Waals surface area (Å²) in [6, 6.07) is 10.1. The molecule has 2 atom stereocenters. The second-order valence-corrected chi connectivity index (χ2v) is 15.3. The minimum Gasteiger partial charge on any atom is -0.415 e. The van der Waals surface area contributed by atoms with Crippen molar-refractivity contribution in [3.63, 3.8) is 0 Å². The first-order valence-corrected chi connectivity index (χ1v) is 12.3. The summed E-state index contributed by atoms with van der Waals surface area (Å²) in [5.41, 5.74) is 1.11. The van der Waals surface area contributed by atoms with Crippen LogP contribution in [0, 0.1) is 0 Å². The minimum absolute atomic E-state index is 0.0645. The van der Waals surface area contributed by atoms with Crippen molar-refractivity contribution in [1.29, 1.82) is 0 Å². The Bertz CT molecular complexity index is 518. The van der Waals surface area contributed by atoms with Gasteiger partial charge in [-0.1, -0.05) is 51.1 Å². The third kappa shape index (κ3) is 6.14. The average molecular weight is 356 g/mol. The van der Waals surface area contributed by atoms with E-state index in [0.717, 1.165) is 5.56 Å². The van der Waals surface area contributed by atoms with Crippen molar-refractivity contribution in [3.8, 4) is 0 Å². The lowest BCUT2D eigenvalue weighted by atomic mass is 10.1. The number of hydrogen-bond donors (Lipinski definition) is 1. The van der Waals surface area contributed by atoms with E-state index >= 15 is 0 Å². The highest BCUT2D eigenvalue weighted by molar-refractivity contribution is 7.84. The standard InChI is InChI=1S/C18H33NO2SSi/c1-17(2,3)22(20)19-16(15-12-10-9-11-13-15)14-21-23(7,8)18(4,5)6/h9-13,16,19H,14H2,1-8H3/t16-,22+/m0/s1. The van der Waals surface area contributed by atoms with E-state index in [-0.39, 0.29) is 15.8 Å². The van der Waals surface area contributed by atoms with E-state index in [0.29, 0.717) is 6.61 Å². The van der Waals surface area contributed by atoms with Crippen molar-refractivity contribution >= 4 is 19.3 Å². The molecule has 0 spiro atoms. The fourth-order valence-electron chi connectivity index (χ4n) is 1.70. The van der Waals surface area contributed by atoms with Crippen molar-refractivity contribution in [2.75, 3.05) is 6.61 Å². The lowest BCUT2D eigenvalue weighted by molar-refractivity contribution is 0.257. The quantitative estimate of drug-likeness (QED) is 0.744. The van der Waals surface area contributed by atoms with Gasteiger partial charge < -0.3 is 4.43 Å². The van der Waals surface area contributed by atoms with Gasteiger partial charge in [-0.3, -0.25) is 0 Å². The van der Waals surface area contributed by atoms with Crippen LogP contribution in [0.15, 0.2) is 30.3 Å². The van der Waals surface area contributed by atoms with Gasteiger partial charge in [-0.2, -0.15) is 0 Å². The Morgan fingerprint density at radius 2 is 1.61 bits per heavy atom. The molecule has 0 radical (unpaired) electrons. The van der Waals surface area contributed by atoms with Gasteiger partial charge in [-0.05, 0) is 44.5 Å². The van der Waals surface area contributed by atoms with Gasteiger partial charge in [-0.15, -0.1) is 0 Å². The Hall–Kier alpha value is -0.493. The fourth-order valence-corrected chi connectivity index (χ4v) is 3.53. The fraction of sp³-hybridized carbons (Fsp3) is 0.667. The summed E-state index contributed by atoms with van der Waals surface area (Å²) in [4.78, 5) is 0. The Balaban J connectivity index is 2.92. The van der Waals surface area contributed by atoms with Gasteiger partial charge in [0, 0.05) is 0 Å². The number of rotatable bonds is 6. The lowest BCUT2D eigenvalue weighted by Crippen LogP contribution is -2.44. The number of hydrogen-bond acceptors (Lipinski definition) is 2. The van der Waals surface area contributed by atoms with Gasteiger partial charge in [0.15, 0.2) is 8.32 Å². The van der Waals surface area contributed by atoms with E-state index in [1.54, 1.807) is 0 Å². The minimum atomic E-state index is -1.84. The molecule has 0 amide bonds. The summed E-state index contributed by atoms with van der Waals surface area (Å²) >= 11 is 0. The van der Waals surface area contributed by atoms with Gasteiger partial charge in [-0.25, -0.2) is 8.93 Å². The van der Waals surface area contributed by atoms with E-state index in [1.807, 2.05) is 39.0 Å². The molecular formula is C18H33NO2SSi. The molecule has 0 aliphatic carbocycles. The molecule has 23 heavy (non-hydrogen) atoms. The predicted molar refractivity (Wildman–Crippen MR) is 103 cm³/mol. The molecule has 0 bridgehead atoms. The second kappa shape index (κ2) is 7.60. The van der Waals surface area contributed by atoms with Crippen molar-refractivity contribution in [1.82, 2.24) is 4.72 Å². The zero-order valence-electron chi connectivity index (χ0n) is 15.9. The maximum Gasteiger partial charge on any atom is 0.192 e. The van der Waals surface area contributed by atoms with E-state index in [9.17, 15) is 4.21 Å². The first-order chi connectivity index (χ1) is 10.3. The maximum absolute atomic E-state index is 12.5. The molecule has 0 saturated heterocycles. The molecule has 1 N–H and O–H groups in total. The van der Waals surface area contributed by atoms with Crippen LogP contribution in [0.4, 0.5) is 0 Å². The molecule has 0 saturated carbocycles. The monoisotopic (exact) mass is 355 g/mol. The molecule has 0 heterocycles. The molecule has 3 nitrogen and oxygen atoms in total. The largest absolute Gasteiger partial charge is 0.415 e. The van der Waals surface area contributed by atoms with Crippen LogP contribution >= 0.6 is 0 Å². The van der Waals surface area contributed by atoms with Crippen molar-refractivity contribution in [2.45, 2.75) is 70.5 Å². The smallest absolute Gasteiger partial charge is 0.192 e. The maximum atomic E-state index is 12.5. The molecule has 0 aliphatic heterocycles. The molecule has 1 rings (SSSR count). The Labute approximate surface area is 145 Å². The van der Waals surface area contributed by atoms with E-state index < -0.39 is 19.3 Å². The lowest BCUT2D eigenvalue weighted by Gasteiger charge is -2.37. The van der Waals surface area contributed by atoms with E-state index in [1.165, 1.54) is 0 Å². The summed E-state index contributed by atoms with van der Waals surface area (Å²) in [6.07, 6.45) is 0. The molecule has 1 aromatic rings. The summed E-state index contributed by atoms with van der Waals surface area (Å²) in [5, 5.41) is 0.164. The highest BCUT2D eigenvalue weighted by Gasteiger charge is 2.38. The summed E-state index contributed by atoms with van der Waals surface area (Å²) < 4.78 is 21.9. The number of benzene rings is 1. The van der Waals surface area contributed by atoms with Crippen LogP contribution in [0.2, 0.25) is 18.1 Å². The van der Waals surface area contributed by atoms with Crippen molar-refractivity contribution in [3.05, 3.63) is 35.9 Å². The molecular weight excluding hydrogens is 322 g/mol. The van der Waals surface area contributed by atoms with Crippen LogP contribution in [0.5, 0.6) is 0 Å². The van der Waals surface area contributed by atoms with Crippen LogP contribution in [-0.4, -0.2) is 23.9 Å². The Morgan fingerprint density at radius 1 is 1.09 bits per heavy atom. The number of nitrogens with one attached hydrogen (secondary N) is 1. The van der Waals surface area contributed by atoms with Crippen LogP contribution in [0.3, 0.4) is 0 Å². The molecule has 1 aromatic carbocycles. The topological polar surface area (TPSA) is 38.3 Å². The van der Waals surface area contributed by atoms with Crippen LogP contribution in [0.25, 0.3) is 0 Å². The summed E-state index contributed by atoms with van der Waals surface area (Å²) in [6.45, 7) is 17.7. The zero-order chi connectivity index (χ0) is 17.9. The Kier molecular flexibility index (Phi) is 6.79. The molecule has 132 valence electrons. The van der Waals surface area contributed by atoms with Crippen molar-refractivity contribution < 1.29 is 8.63 Å². The zero-order valence-corrected chi connectivity index (χ0v) is 17.7.